The van der Waals surface area contributed by atoms with Crippen molar-refractivity contribution in [3.05, 3.63) is 12.5 Å². The van der Waals surface area contributed by atoms with Crippen LogP contribution >= 0.6 is 0 Å². The van der Waals surface area contributed by atoms with Crippen LogP contribution in [0.3, 0.4) is 0 Å². The Kier molecular flexibility index (Phi) is 2.64. The number of nitrogens with two attached hydrogens (primary N) is 1. The maximum absolute atomic E-state index is 9.21. The number of fused-ring (bicyclic) bond motifs is 1. The number of aliphatic hydroxyl groups is 1. The van der Waals surface area contributed by atoms with Gasteiger partial charge in [-0.2, -0.15) is 5.10 Å². The van der Waals surface area contributed by atoms with Crippen LogP contribution in [0.15, 0.2) is 12.5 Å². The van der Waals surface area contributed by atoms with Crippen molar-refractivity contribution in [3.63, 3.8) is 0 Å². The zero-order chi connectivity index (χ0) is 12.7. The molecule has 0 spiro atoms. The molecule has 7 nitrogen and oxygen atoms in total. The lowest BCUT2D eigenvalue weighted by Gasteiger charge is -2.13. The second-order valence-corrected chi connectivity index (χ2v) is 4.61. The Hall–Kier alpha value is -1.73. The third kappa shape index (κ3) is 1.63. The van der Waals surface area contributed by atoms with Crippen LogP contribution in [0.1, 0.15) is 19.6 Å². The van der Waals surface area contributed by atoms with Crippen LogP contribution in [0.4, 0.5) is 5.82 Å². The fraction of sp³-hybridized carbons (Fsp3) is 0.545. The first-order valence-electron chi connectivity index (χ1n) is 5.90. The van der Waals surface area contributed by atoms with Gasteiger partial charge >= 0.3 is 0 Å². The van der Waals surface area contributed by atoms with Crippen LogP contribution in [0.5, 0.6) is 0 Å². The largest absolute Gasteiger partial charge is 0.394 e. The molecule has 0 amide bonds. The molecule has 3 heterocycles. The topological polar surface area (TPSA) is 99.1 Å². The Bertz CT molecular complexity index is 570. The van der Waals surface area contributed by atoms with E-state index in [1.165, 1.54) is 6.33 Å². The number of anilines is 1. The number of aliphatic hydroxyl groups excluding tert-OH is 1. The molecular formula is C11H15N5O2. The van der Waals surface area contributed by atoms with Crippen LogP contribution in [-0.2, 0) is 4.74 Å². The van der Waals surface area contributed by atoms with E-state index in [-0.39, 0.29) is 18.9 Å². The van der Waals surface area contributed by atoms with Crippen molar-refractivity contribution in [1.82, 2.24) is 19.7 Å². The minimum atomic E-state index is -0.205. The Morgan fingerprint density at radius 2 is 2.39 bits per heavy atom. The molecule has 3 N–H and O–H groups in total. The van der Waals surface area contributed by atoms with E-state index in [0.717, 1.165) is 11.8 Å². The fourth-order valence-electron chi connectivity index (χ4n) is 2.33. The van der Waals surface area contributed by atoms with E-state index in [2.05, 4.69) is 22.0 Å². The van der Waals surface area contributed by atoms with Gasteiger partial charge in [0, 0.05) is 0 Å². The molecule has 1 fully saturated rings. The van der Waals surface area contributed by atoms with Gasteiger partial charge in [0.2, 0.25) is 0 Å². The van der Waals surface area contributed by atoms with Gasteiger partial charge < -0.3 is 15.6 Å². The smallest absolute Gasteiger partial charge is 0.165 e. The normalized spacial score (nSPS) is 28.0. The Morgan fingerprint density at radius 3 is 3.11 bits per heavy atom. The Morgan fingerprint density at radius 1 is 1.56 bits per heavy atom. The Labute approximate surface area is 104 Å². The summed E-state index contributed by atoms with van der Waals surface area (Å²) < 4.78 is 7.47. The predicted molar refractivity (Wildman–Crippen MR) is 64.5 cm³/mol. The fourth-order valence-corrected chi connectivity index (χ4v) is 2.33. The first-order chi connectivity index (χ1) is 8.70. The van der Waals surface area contributed by atoms with Crippen molar-refractivity contribution in [3.8, 4) is 0 Å². The van der Waals surface area contributed by atoms with E-state index in [4.69, 9.17) is 10.5 Å². The Balaban J connectivity index is 1.99. The molecule has 0 bridgehead atoms. The molecule has 3 atom stereocenters. The van der Waals surface area contributed by atoms with Crippen LogP contribution < -0.4 is 5.73 Å². The summed E-state index contributed by atoms with van der Waals surface area (Å²) in [6.45, 7) is 2.07. The van der Waals surface area contributed by atoms with E-state index in [9.17, 15) is 5.11 Å². The highest BCUT2D eigenvalue weighted by Crippen LogP contribution is 2.34. The molecule has 7 heteroatoms. The van der Waals surface area contributed by atoms with Crippen molar-refractivity contribution < 1.29 is 9.84 Å². The summed E-state index contributed by atoms with van der Waals surface area (Å²) in [5.74, 6) is 0.703. The maximum atomic E-state index is 9.21. The summed E-state index contributed by atoms with van der Waals surface area (Å²) in [4.78, 5) is 8.12. The zero-order valence-electron chi connectivity index (χ0n) is 10.0. The quantitative estimate of drug-likeness (QED) is 0.795. The van der Waals surface area contributed by atoms with Gasteiger partial charge in [-0.1, -0.05) is 6.92 Å². The average Bonchev–Trinajstić information content (AvgIpc) is 2.93. The maximum Gasteiger partial charge on any atom is 0.165 e. The molecule has 96 valence electrons. The molecule has 0 radical (unpaired) electrons. The monoisotopic (exact) mass is 249 g/mol. The summed E-state index contributed by atoms with van der Waals surface area (Å²) in [6.07, 6.45) is 3.51. The number of hydrogen-bond donors (Lipinski definition) is 2. The lowest BCUT2D eigenvalue weighted by atomic mass is 10.0. The highest BCUT2D eigenvalue weighted by atomic mass is 16.5. The molecule has 1 aliphatic rings. The molecule has 1 saturated heterocycles. The first-order valence-corrected chi connectivity index (χ1v) is 5.90. The number of hydrogen-bond acceptors (Lipinski definition) is 6. The SMILES string of the molecule is C[C@H]1C[C@H](n2ncc3c(N)ncnc32)O[C@@H]1CO. The third-order valence-electron chi connectivity index (χ3n) is 3.41. The van der Waals surface area contributed by atoms with Gasteiger partial charge in [0.15, 0.2) is 11.9 Å². The molecular weight excluding hydrogens is 234 g/mol. The van der Waals surface area contributed by atoms with Crippen molar-refractivity contribution in [2.75, 3.05) is 12.3 Å². The molecule has 0 saturated carbocycles. The van der Waals surface area contributed by atoms with Crippen molar-refractivity contribution >= 4 is 16.9 Å². The minimum absolute atomic E-state index is 0.0218. The van der Waals surface area contributed by atoms with Gasteiger partial charge in [-0.3, -0.25) is 0 Å². The molecule has 2 aromatic heterocycles. The van der Waals surface area contributed by atoms with Crippen LogP contribution in [0.25, 0.3) is 11.0 Å². The van der Waals surface area contributed by atoms with E-state index in [1.807, 2.05) is 0 Å². The molecule has 0 unspecified atom stereocenters. The lowest BCUT2D eigenvalue weighted by Crippen LogP contribution is -2.18. The number of nitrogens with zero attached hydrogens (tertiary/aromatic N) is 4. The first kappa shape index (κ1) is 11.4. The van der Waals surface area contributed by atoms with E-state index < -0.39 is 0 Å². The van der Waals surface area contributed by atoms with E-state index >= 15 is 0 Å². The van der Waals surface area contributed by atoms with Gasteiger partial charge in [0.25, 0.3) is 0 Å². The highest BCUT2D eigenvalue weighted by molar-refractivity contribution is 5.84. The summed E-state index contributed by atoms with van der Waals surface area (Å²) in [6, 6.07) is 0. The molecule has 2 aromatic rings. The van der Waals surface area contributed by atoms with Gasteiger partial charge in [0.1, 0.15) is 12.1 Å². The number of aromatic nitrogens is 4. The molecule has 0 aliphatic carbocycles. The van der Waals surface area contributed by atoms with E-state index in [1.54, 1.807) is 10.9 Å². The number of rotatable bonds is 2. The highest BCUT2D eigenvalue weighted by Gasteiger charge is 2.34. The van der Waals surface area contributed by atoms with Gasteiger partial charge in [-0.25, -0.2) is 14.6 Å². The standard InChI is InChI=1S/C11H15N5O2/c1-6-2-9(18-8(6)4-17)16-11-7(3-15-16)10(12)13-5-14-11/h3,5-6,8-9,17H,2,4H2,1H3,(H2,12,13,14)/t6-,8+,9+/m0/s1. The zero-order valence-corrected chi connectivity index (χ0v) is 10.0. The van der Waals surface area contributed by atoms with E-state index in [0.29, 0.717) is 17.4 Å². The van der Waals surface area contributed by atoms with Gasteiger partial charge in [-0.15, -0.1) is 0 Å². The second kappa shape index (κ2) is 4.18. The van der Waals surface area contributed by atoms with Crippen molar-refractivity contribution in [2.45, 2.75) is 25.7 Å². The van der Waals surface area contributed by atoms with Crippen molar-refractivity contribution in [2.24, 2.45) is 5.92 Å². The summed E-state index contributed by atoms with van der Waals surface area (Å²) in [7, 11) is 0. The molecule has 1 aliphatic heterocycles. The third-order valence-corrected chi connectivity index (χ3v) is 3.41. The minimum Gasteiger partial charge on any atom is -0.394 e. The molecule has 3 rings (SSSR count). The lowest BCUT2D eigenvalue weighted by molar-refractivity contribution is -0.0328. The van der Waals surface area contributed by atoms with Crippen LogP contribution in [-0.4, -0.2) is 37.6 Å². The summed E-state index contributed by atoms with van der Waals surface area (Å²) >= 11 is 0. The number of ether oxygens (including phenoxy) is 1. The van der Waals surface area contributed by atoms with Crippen molar-refractivity contribution in [1.29, 1.82) is 0 Å². The predicted octanol–water partition coefficient (Wildman–Crippen LogP) is 0.324. The average molecular weight is 249 g/mol. The van der Waals surface area contributed by atoms with Gasteiger partial charge in [-0.05, 0) is 12.3 Å². The summed E-state index contributed by atoms with van der Waals surface area (Å²) in [5, 5.41) is 14.2. The number of nitrogen functional groups attached to an aromatic ring is 1. The van der Waals surface area contributed by atoms with Crippen LogP contribution in [0, 0.1) is 5.92 Å². The van der Waals surface area contributed by atoms with Crippen LogP contribution in [0.2, 0.25) is 0 Å². The second-order valence-electron chi connectivity index (χ2n) is 4.61. The summed E-state index contributed by atoms with van der Waals surface area (Å²) in [5.41, 5.74) is 6.43. The molecule has 18 heavy (non-hydrogen) atoms. The molecule has 0 aromatic carbocycles. The van der Waals surface area contributed by atoms with Gasteiger partial charge in [0.05, 0.1) is 24.3 Å².